The molecule has 0 bridgehead atoms. The second-order valence-corrected chi connectivity index (χ2v) is 4.78. The largest absolute Gasteiger partial charge is 0.477 e. The van der Waals surface area contributed by atoms with Crippen LogP contribution < -0.4 is 10.1 Å². The van der Waals surface area contributed by atoms with Gasteiger partial charge in [-0.1, -0.05) is 6.07 Å². The van der Waals surface area contributed by atoms with Crippen LogP contribution in [0.15, 0.2) is 42.5 Å². The zero-order valence-electron chi connectivity index (χ0n) is 12.3. The molecule has 0 aliphatic carbocycles. The topological polar surface area (TPSA) is 81.5 Å². The smallest absolute Gasteiger partial charge is 0.416 e. The summed E-state index contributed by atoms with van der Waals surface area (Å²) in [6.45, 7) is -0.749. The molecule has 0 aromatic heterocycles. The van der Waals surface area contributed by atoms with Crippen molar-refractivity contribution in [3.05, 3.63) is 64.0 Å². The van der Waals surface area contributed by atoms with Crippen LogP contribution in [0.3, 0.4) is 0 Å². The molecule has 132 valence electrons. The summed E-state index contributed by atoms with van der Waals surface area (Å²) < 4.78 is 55.8. The number of amides is 1. The number of alkyl halides is 3. The van der Waals surface area contributed by atoms with Crippen molar-refractivity contribution in [1.82, 2.24) is 0 Å². The zero-order valence-corrected chi connectivity index (χ0v) is 12.3. The maximum Gasteiger partial charge on any atom is 0.416 e. The number of carbonyl (C=O) groups is 1. The van der Waals surface area contributed by atoms with Crippen molar-refractivity contribution in [3.63, 3.8) is 0 Å². The summed E-state index contributed by atoms with van der Waals surface area (Å²) in [4.78, 5) is 21.7. The summed E-state index contributed by atoms with van der Waals surface area (Å²) in [6.07, 6.45) is -4.57. The lowest BCUT2D eigenvalue weighted by Crippen LogP contribution is -2.20. The van der Waals surface area contributed by atoms with Gasteiger partial charge in [0.1, 0.15) is 5.82 Å². The first-order valence-electron chi connectivity index (χ1n) is 6.70. The van der Waals surface area contributed by atoms with Gasteiger partial charge in [-0.15, -0.1) is 0 Å². The number of anilines is 1. The maximum absolute atomic E-state index is 13.1. The SMILES string of the molecule is O=C(COc1cc(F)ccc1[N+](=O)[O-])Nc1cccc(C(F)(F)F)c1. The molecule has 0 radical (unpaired) electrons. The molecular weight excluding hydrogens is 348 g/mol. The molecule has 0 saturated heterocycles. The summed E-state index contributed by atoms with van der Waals surface area (Å²) in [5.74, 6) is -2.14. The van der Waals surface area contributed by atoms with E-state index in [1.165, 1.54) is 6.07 Å². The third-order valence-corrected chi connectivity index (χ3v) is 2.95. The predicted octanol–water partition coefficient (Wildman–Crippen LogP) is 3.77. The lowest BCUT2D eigenvalue weighted by atomic mass is 10.2. The molecule has 0 fully saturated rings. The molecule has 0 saturated carbocycles. The molecule has 1 amide bonds. The van der Waals surface area contributed by atoms with Crippen LogP contribution in [0.5, 0.6) is 5.75 Å². The molecule has 0 atom stereocenters. The first-order valence-corrected chi connectivity index (χ1v) is 6.70. The van der Waals surface area contributed by atoms with Crippen molar-refractivity contribution in [2.75, 3.05) is 11.9 Å². The minimum absolute atomic E-state index is 0.128. The van der Waals surface area contributed by atoms with Gasteiger partial charge in [0.05, 0.1) is 10.5 Å². The Morgan fingerprint density at radius 2 is 1.92 bits per heavy atom. The Labute approximate surface area is 138 Å². The van der Waals surface area contributed by atoms with E-state index in [1.807, 2.05) is 0 Å². The molecule has 0 aliphatic rings. The Morgan fingerprint density at radius 1 is 1.20 bits per heavy atom. The van der Waals surface area contributed by atoms with Crippen LogP contribution in [0, 0.1) is 15.9 Å². The average Bonchev–Trinajstić information content (AvgIpc) is 2.52. The highest BCUT2D eigenvalue weighted by Crippen LogP contribution is 2.31. The van der Waals surface area contributed by atoms with Gasteiger partial charge in [0.15, 0.2) is 6.61 Å². The molecule has 0 spiro atoms. The van der Waals surface area contributed by atoms with E-state index in [2.05, 4.69) is 5.32 Å². The van der Waals surface area contributed by atoms with E-state index < -0.39 is 46.4 Å². The van der Waals surface area contributed by atoms with E-state index in [0.717, 1.165) is 36.4 Å². The number of benzene rings is 2. The predicted molar refractivity (Wildman–Crippen MR) is 78.6 cm³/mol. The first-order chi connectivity index (χ1) is 11.7. The van der Waals surface area contributed by atoms with Gasteiger partial charge in [-0.05, 0) is 24.3 Å². The summed E-state index contributed by atoms with van der Waals surface area (Å²) in [7, 11) is 0. The number of hydrogen-bond acceptors (Lipinski definition) is 4. The molecular formula is C15H10F4N2O4. The van der Waals surface area contributed by atoms with Crippen LogP contribution in [-0.2, 0) is 11.0 Å². The van der Waals surface area contributed by atoms with Crippen LogP contribution in [-0.4, -0.2) is 17.4 Å². The Morgan fingerprint density at radius 3 is 2.56 bits per heavy atom. The number of carbonyl (C=O) groups excluding carboxylic acids is 1. The normalized spacial score (nSPS) is 11.0. The summed E-state index contributed by atoms with van der Waals surface area (Å²) in [5.41, 5.74) is -1.63. The van der Waals surface area contributed by atoms with E-state index in [0.29, 0.717) is 0 Å². The Balaban J connectivity index is 2.05. The Kier molecular flexibility index (Phi) is 5.20. The van der Waals surface area contributed by atoms with Gasteiger partial charge in [-0.2, -0.15) is 13.2 Å². The van der Waals surface area contributed by atoms with Crippen molar-refractivity contribution in [1.29, 1.82) is 0 Å². The van der Waals surface area contributed by atoms with Crippen molar-refractivity contribution in [2.24, 2.45) is 0 Å². The third-order valence-electron chi connectivity index (χ3n) is 2.95. The lowest BCUT2D eigenvalue weighted by molar-refractivity contribution is -0.385. The van der Waals surface area contributed by atoms with Crippen molar-refractivity contribution in [2.45, 2.75) is 6.18 Å². The summed E-state index contributed by atoms with van der Waals surface area (Å²) in [6, 6.07) is 6.36. The van der Waals surface area contributed by atoms with Crippen LogP contribution in [0.4, 0.5) is 28.9 Å². The Hall–Kier alpha value is -3.17. The molecule has 0 heterocycles. The highest BCUT2D eigenvalue weighted by molar-refractivity contribution is 5.92. The monoisotopic (exact) mass is 358 g/mol. The number of rotatable bonds is 5. The minimum Gasteiger partial charge on any atom is -0.477 e. The number of nitrogens with zero attached hydrogens (tertiary/aromatic N) is 1. The van der Waals surface area contributed by atoms with Crippen LogP contribution in [0.2, 0.25) is 0 Å². The average molecular weight is 358 g/mol. The van der Waals surface area contributed by atoms with Crippen LogP contribution in [0.25, 0.3) is 0 Å². The maximum atomic E-state index is 13.1. The number of ether oxygens (including phenoxy) is 1. The van der Waals surface area contributed by atoms with Crippen LogP contribution >= 0.6 is 0 Å². The molecule has 2 aromatic carbocycles. The molecule has 25 heavy (non-hydrogen) atoms. The first kappa shape index (κ1) is 18.2. The van der Waals surface area contributed by atoms with E-state index in [-0.39, 0.29) is 5.69 Å². The third kappa shape index (κ3) is 4.90. The van der Waals surface area contributed by atoms with E-state index in [4.69, 9.17) is 4.74 Å². The van der Waals surface area contributed by atoms with Gasteiger partial charge in [-0.3, -0.25) is 14.9 Å². The quantitative estimate of drug-likeness (QED) is 0.501. The second kappa shape index (κ2) is 7.16. The Bertz CT molecular complexity index is 808. The van der Waals surface area contributed by atoms with Crippen molar-refractivity contribution >= 4 is 17.3 Å². The van der Waals surface area contributed by atoms with E-state index in [1.54, 1.807) is 0 Å². The number of nitro benzene ring substituents is 1. The van der Waals surface area contributed by atoms with Gasteiger partial charge < -0.3 is 10.1 Å². The number of hydrogen-bond donors (Lipinski definition) is 1. The van der Waals surface area contributed by atoms with Gasteiger partial charge in [0.2, 0.25) is 5.75 Å². The minimum atomic E-state index is -4.57. The van der Waals surface area contributed by atoms with Crippen molar-refractivity contribution < 1.29 is 32.0 Å². The zero-order chi connectivity index (χ0) is 18.6. The molecule has 0 unspecified atom stereocenters. The highest BCUT2D eigenvalue weighted by Gasteiger charge is 2.30. The molecule has 6 nitrogen and oxygen atoms in total. The van der Waals surface area contributed by atoms with Gasteiger partial charge >= 0.3 is 11.9 Å². The highest BCUT2D eigenvalue weighted by atomic mass is 19.4. The molecule has 0 aliphatic heterocycles. The summed E-state index contributed by atoms with van der Waals surface area (Å²) >= 11 is 0. The van der Waals surface area contributed by atoms with E-state index >= 15 is 0 Å². The fourth-order valence-corrected chi connectivity index (χ4v) is 1.87. The second-order valence-electron chi connectivity index (χ2n) is 4.78. The standard InChI is InChI=1S/C15H10F4N2O4/c16-10-4-5-12(21(23)24)13(7-10)25-8-14(22)20-11-3-1-2-9(6-11)15(17,18)19/h1-7H,8H2,(H,20,22). The number of halogens is 4. The van der Waals surface area contributed by atoms with Crippen molar-refractivity contribution in [3.8, 4) is 5.75 Å². The molecule has 1 N–H and O–H groups in total. The van der Waals surface area contributed by atoms with E-state index in [9.17, 15) is 32.5 Å². The van der Waals surface area contributed by atoms with Crippen LogP contribution in [0.1, 0.15) is 5.56 Å². The molecule has 10 heteroatoms. The fraction of sp³-hybridized carbons (Fsp3) is 0.133. The molecule has 2 aromatic rings. The number of nitrogens with one attached hydrogen (secondary N) is 1. The van der Waals surface area contributed by atoms with Gasteiger partial charge in [0.25, 0.3) is 5.91 Å². The van der Waals surface area contributed by atoms with Gasteiger partial charge in [0, 0.05) is 17.8 Å². The lowest BCUT2D eigenvalue weighted by Gasteiger charge is -2.10. The number of nitro groups is 1. The summed E-state index contributed by atoms with van der Waals surface area (Å²) in [5, 5.41) is 13.0. The van der Waals surface area contributed by atoms with Gasteiger partial charge in [-0.25, -0.2) is 4.39 Å². The molecule has 2 rings (SSSR count). The fourth-order valence-electron chi connectivity index (χ4n) is 1.87.